The molecule has 6 heteroatoms. The van der Waals surface area contributed by atoms with E-state index in [4.69, 9.17) is 4.42 Å². The number of thioether (sulfide) groups is 1. The van der Waals surface area contributed by atoms with Crippen molar-refractivity contribution in [2.24, 2.45) is 5.92 Å². The molecule has 5 nitrogen and oxygen atoms in total. The van der Waals surface area contributed by atoms with E-state index in [-0.39, 0.29) is 0 Å². The molecule has 3 heterocycles. The Kier molecular flexibility index (Phi) is 3.73. The predicted molar refractivity (Wildman–Crippen MR) is 78.7 cm³/mol. The molecule has 0 aliphatic rings. The van der Waals surface area contributed by atoms with Crippen molar-refractivity contribution in [1.82, 2.24) is 19.8 Å². The summed E-state index contributed by atoms with van der Waals surface area (Å²) >= 11 is 1.69. The molecule has 20 heavy (non-hydrogen) atoms. The number of furan rings is 1. The topological polar surface area (TPSA) is 56.2 Å². The molecule has 0 atom stereocenters. The van der Waals surface area contributed by atoms with Crippen LogP contribution in [0.2, 0.25) is 0 Å². The van der Waals surface area contributed by atoms with E-state index in [1.807, 2.05) is 24.3 Å². The molecule has 0 bridgehead atoms. The number of rotatable bonds is 5. The van der Waals surface area contributed by atoms with E-state index >= 15 is 0 Å². The highest BCUT2D eigenvalue weighted by molar-refractivity contribution is 7.99. The van der Waals surface area contributed by atoms with E-state index in [0.29, 0.717) is 5.92 Å². The summed E-state index contributed by atoms with van der Waals surface area (Å²) in [6.45, 7) is 4.44. The zero-order valence-electron chi connectivity index (χ0n) is 11.5. The van der Waals surface area contributed by atoms with Crippen LogP contribution in [0.5, 0.6) is 0 Å². The molecule has 104 valence electrons. The van der Waals surface area contributed by atoms with Gasteiger partial charge in [0.1, 0.15) is 5.69 Å². The maximum Gasteiger partial charge on any atom is 0.212 e. The van der Waals surface area contributed by atoms with E-state index in [0.717, 1.165) is 34.4 Å². The van der Waals surface area contributed by atoms with Crippen LogP contribution in [0.15, 0.2) is 40.1 Å². The first-order valence-corrected chi connectivity index (χ1v) is 7.62. The number of hydrogen-bond donors (Lipinski definition) is 0. The Morgan fingerprint density at radius 2 is 2.15 bits per heavy atom. The fourth-order valence-electron chi connectivity index (χ4n) is 1.80. The van der Waals surface area contributed by atoms with Crippen LogP contribution < -0.4 is 0 Å². The van der Waals surface area contributed by atoms with Crippen molar-refractivity contribution in [2.75, 3.05) is 5.75 Å². The van der Waals surface area contributed by atoms with Crippen molar-refractivity contribution in [2.45, 2.75) is 25.4 Å². The van der Waals surface area contributed by atoms with E-state index in [1.165, 1.54) is 0 Å². The van der Waals surface area contributed by atoms with Gasteiger partial charge in [0.05, 0.1) is 6.26 Å². The molecule has 3 aromatic heterocycles. The minimum atomic E-state index is 0.688. The Hall–Kier alpha value is -1.82. The minimum absolute atomic E-state index is 0.688. The van der Waals surface area contributed by atoms with Crippen molar-refractivity contribution in [3.63, 3.8) is 0 Å². The number of hydrogen-bond acceptors (Lipinski definition) is 5. The molecule has 3 aromatic rings. The summed E-state index contributed by atoms with van der Waals surface area (Å²) in [6.07, 6.45) is 2.79. The normalized spacial score (nSPS) is 11.6. The summed E-state index contributed by atoms with van der Waals surface area (Å²) in [7, 11) is 0. The Bertz CT molecular complexity index is 690. The summed E-state index contributed by atoms with van der Waals surface area (Å²) in [4.78, 5) is 0. The van der Waals surface area contributed by atoms with Crippen LogP contribution in [0, 0.1) is 5.92 Å². The molecule has 0 spiro atoms. The Labute approximate surface area is 121 Å². The second-order valence-electron chi connectivity index (χ2n) is 4.98. The van der Waals surface area contributed by atoms with Gasteiger partial charge in [-0.05, 0) is 36.6 Å². The van der Waals surface area contributed by atoms with E-state index in [1.54, 1.807) is 22.5 Å². The molecule has 0 saturated carbocycles. The molecule has 0 amide bonds. The van der Waals surface area contributed by atoms with Crippen LogP contribution in [0.25, 0.3) is 17.1 Å². The minimum Gasteiger partial charge on any atom is -0.463 e. The van der Waals surface area contributed by atoms with Crippen molar-refractivity contribution in [3.05, 3.63) is 30.5 Å². The maximum absolute atomic E-state index is 5.37. The van der Waals surface area contributed by atoms with Gasteiger partial charge in [0, 0.05) is 5.75 Å². The first-order chi connectivity index (χ1) is 9.74. The third kappa shape index (κ3) is 2.70. The zero-order chi connectivity index (χ0) is 13.9. The van der Waals surface area contributed by atoms with Gasteiger partial charge in [-0.3, -0.25) is 0 Å². The van der Waals surface area contributed by atoms with Crippen LogP contribution in [0.4, 0.5) is 0 Å². The van der Waals surface area contributed by atoms with E-state index in [2.05, 4.69) is 29.1 Å². The smallest absolute Gasteiger partial charge is 0.212 e. The number of nitrogens with zero attached hydrogens (tertiary/aromatic N) is 4. The maximum atomic E-state index is 5.37. The van der Waals surface area contributed by atoms with Crippen molar-refractivity contribution in [1.29, 1.82) is 0 Å². The number of fused-ring (bicyclic) bond motifs is 1. The lowest BCUT2D eigenvalue weighted by Crippen LogP contribution is -1.97. The molecule has 0 saturated heterocycles. The number of aromatic nitrogens is 4. The molecule has 3 rings (SSSR count). The van der Waals surface area contributed by atoms with Gasteiger partial charge >= 0.3 is 0 Å². The Balaban J connectivity index is 1.88. The van der Waals surface area contributed by atoms with Crippen molar-refractivity contribution in [3.8, 4) is 11.5 Å². The van der Waals surface area contributed by atoms with Gasteiger partial charge in [-0.1, -0.05) is 25.6 Å². The third-order valence-electron chi connectivity index (χ3n) is 2.93. The highest BCUT2D eigenvalue weighted by atomic mass is 32.2. The zero-order valence-corrected chi connectivity index (χ0v) is 12.3. The third-order valence-corrected chi connectivity index (χ3v) is 3.89. The van der Waals surface area contributed by atoms with Gasteiger partial charge in [-0.2, -0.15) is 9.61 Å². The second kappa shape index (κ2) is 5.66. The largest absolute Gasteiger partial charge is 0.463 e. The highest BCUT2D eigenvalue weighted by Gasteiger charge is 2.10. The molecule has 0 aliphatic carbocycles. The quantitative estimate of drug-likeness (QED) is 0.672. The fourth-order valence-corrected chi connectivity index (χ4v) is 2.93. The van der Waals surface area contributed by atoms with Gasteiger partial charge in [-0.25, -0.2) is 0 Å². The van der Waals surface area contributed by atoms with Crippen molar-refractivity contribution < 1.29 is 4.42 Å². The monoisotopic (exact) mass is 288 g/mol. The van der Waals surface area contributed by atoms with Gasteiger partial charge in [0.2, 0.25) is 5.16 Å². The molecule has 0 fully saturated rings. The van der Waals surface area contributed by atoms with Gasteiger partial charge in [-0.15, -0.1) is 10.2 Å². The van der Waals surface area contributed by atoms with Crippen LogP contribution in [-0.4, -0.2) is 25.6 Å². The Morgan fingerprint density at radius 3 is 2.90 bits per heavy atom. The summed E-state index contributed by atoms with van der Waals surface area (Å²) in [6, 6.07) is 7.55. The van der Waals surface area contributed by atoms with Gasteiger partial charge < -0.3 is 4.42 Å². The summed E-state index contributed by atoms with van der Waals surface area (Å²) < 4.78 is 7.15. The van der Waals surface area contributed by atoms with Crippen LogP contribution in [-0.2, 0) is 0 Å². The van der Waals surface area contributed by atoms with E-state index < -0.39 is 0 Å². The van der Waals surface area contributed by atoms with Crippen LogP contribution in [0.1, 0.15) is 20.3 Å². The lowest BCUT2D eigenvalue weighted by molar-refractivity contribution is 0.577. The first kappa shape index (κ1) is 13.2. The molecule has 0 unspecified atom stereocenters. The van der Waals surface area contributed by atoms with E-state index in [9.17, 15) is 0 Å². The van der Waals surface area contributed by atoms with Gasteiger partial charge in [0.25, 0.3) is 0 Å². The summed E-state index contributed by atoms with van der Waals surface area (Å²) in [5.41, 5.74) is 1.54. The van der Waals surface area contributed by atoms with Crippen LogP contribution >= 0.6 is 11.8 Å². The second-order valence-corrected chi connectivity index (χ2v) is 6.04. The highest BCUT2D eigenvalue weighted by Crippen LogP contribution is 2.22. The van der Waals surface area contributed by atoms with Crippen LogP contribution in [0.3, 0.4) is 0 Å². The standard InChI is InChI=1S/C14H16N4OS/c1-10(2)7-9-20-14-16-15-13-6-5-11(17-18(13)14)12-4-3-8-19-12/h3-6,8,10H,7,9H2,1-2H3. The molecule has 0 radical (unpaired) electrons. The van der Waals surface area contributed by atoms with Gasteiger partial charge in [0.15, 0.2) is 11.4 Å². The molecule has 0 aliphatic heterocycles. The van der Waals surface area contributed by atoms with Crippen molar-refractivity contribution >= 4 is 17.4 Å². The SMILES string of the molecule is CC(C)CCSc1nnc2ccc(-c3ccco3)nn12. The molecule has 0 aromatic carbocycles. The fraction of sp³-hybridized carbons (Fsp3) is 0.357. The molecular formula is C14H16N4OS. The molecule has 0 N–H and O–H groups in total. The Morgan fingerprint density at radius 1 is 1.25 bits per heavy atom. The lowest BCUT2D eigenvalue weighted by atomic mass is 10.2. The average Bonchev–Trinajstić information content (AvgIpc) is 3.07. The predicted octanol–water partition coefficient (Wildman–Crippen LogP) is 3.52. The average molecular weight is 288 g/mol. The lowest BCUT2D eigenvalue weighted by Gasteiger charge is -2.03. The summed E-state index contributed by atoms with van der Waals surface area (Å²) in [5, 5.41) is 13.7. The molecular weight excluding hydrogens is 272 g/mol. The first-order valence-electron chi connectivity index (χ1n) is 6.63. The summed E-state index contributed by atoms with van der Waals surface area (Å²) in [5.74, 6) is 2.46.